The average Bonchev–Trinajstić information content (AvgIpc) is 3.31. The number of nitrogens with one attached hydrogen (secondary N) is 3. The van der Waals surface area contributed by atoms with Gasteiger partial charge in [0.2, 0.25) is 11.9 Å². The second kappa shape index (κ2) is 11.2. The lowest BCUT2D eigenvalue weighted by molar-refractivity contribution is -0.137. The Morgan fingerprint density at radius 1 is 0.921 bits per heavy atom. The predicted molar refractivity (Wildman–Crippen MR) is 145 cm³/mol. The summed E-state index contributed by atoms with van der Waals surface area (Å²) in [7, 11) is 0. The summed E-state index contributed by atoms with van der Waals surface area (Å²) >= 11 is 0. The number of hydrogen-bond acceptors (Lipinski definition) is 5. The number of carboxylic acid groups (broad SMARTS) is 1. The molecule has 9 heteroatoms. The molecule has 0 fully saturated rings. The van der Waals surface area contributed by atoms with Gasteiger partial charge in [0.15, 0.2) is 0 Å². The molecule has 194 valence electrons. The molecular weight excluding hydrogens is 482 g/mol. The van der Waals surface area contributed by atoms with E-state index in [-0.39, 0.29) is 24.8 Å². The number of fused-ring (bicyclic) bond motifs is 3. The van der Waals surface area contributed by atoms with Crippen molar-refractivity contribution < 1.29 is 19.5 Å². The molecule has 2 heterocycles. The minimum absolute atomic E-state index is 0.149. The highest BCUT2D eigenvalue weighted by atomic mass is 16.4. The summed E-state index contributed by atoms with van der Waals surface area (Å²) < 4.78 is 0. The number of aromatic nitrogens is 2. The lowest BCUT2D eigenvalue weighted by Gasteiger charge is -2.23. The molecule has 38 heavy (non-hydrogen) atoms. The van der Waals surface area contributed by atoms with Crippen molar-refractivity contribution in [3.63, 3.8) is 0 Å². The fourth-order valence-corrected chi connectivity index (χ4v) is 4.92. The number of nitrogens with zero attached hydrogens (tertiary/aromatic N) is 2. The predicted octanol–water partition coefficient (Wildman–Crippen LogP) is 4.14. The fourth-order valence-electron chi connectivity index (χ4n) is 4.92. The lowest BCUT2D eigenvalue weighted by atomic mass is 9.86. The third-order valence-electron chi connectivity index (χ3n) is 6.70. The fraction of sp³-hybridized carbons (Fsp3) is 0.241. The first kappa shape index (κ1) is 25.0. The number of amides is 2. The number of unbranched alkanes of at least 4 members (excludes halogenated alkanes) is 1. The molecule has 3 aromatic carbocycles. The molecular formula is C29H29N5O4. The zero-order valence-corrected chi connectivity index (χ0v) is 20.8. The van der Waals surface area contributed by atoms with Gasteiger partial charge < -0.3 is 20.7 Å². The van der Waals surface area contributed by atoms with Gasteiger partial charge in [-0.3, -0.25) is 19.3 Å². The summed E-state index contributed by atoms with van der Waals surface area (Å²) in [6.45, 7) is 1.03. The minimum Gasteiger partial charge on any atom is -0.481 e. The van der Waals surface area contributed by atoms with Gasteiger partial charge in [-0.25, -0.2) is 4.98 Å². The first-order valence-corrected chi connectivity index (χ1v) is 12.7. The highest BCUT2D eigenvalue weighted by Crippen LogP contribution is 2.40. The third-order valence-corrected chi connectivity index (χ3v) is 6.70. The summed E-state index contributed by atoms with van der Waals surface area (Å²) in [6, 6.07) is 22.1. The van der Waals surface area contributed by atoms with E-state index in [1.54, 1.807) is 36.4 Å². The van der Waals surface area contributed by atoms with Crippen LogP contribution < -0.4 is 15.5 Å². The minimum atomic E-state index is -0.951. The van der Waals surface area contributed by atoms with Crippen LogP contribution in [0.3, 0.4) is 0 Å². The van der Waals surface area contributed by atoms with E-state index in [2.05, 4.69) is 20.6 Å². The van der Waals surface area contributed by atoms with Gasteiger partial charge in [0.05, 0.1) is 17.5 Å². The van der Waals surface area contributed by atoms with Gasteiger partial charge in [-0.1, -0.05) is 48.5 Å². The summed E-state index contributed by atoms with van der Waals surface area (Å²) in [5, 5.41) is 15.7. The largest absolute Gasteiger partial charge is 0.481 e. The van der Waals surface area contributed by atoms with Gasteiger partial charge in [0.1, 0.15) is 6.54 Å². The first-order chi connectivity index (χ1) is 18.5. The Morgan fingerprint density at radius 2 is 1.63 bits per heavy atom. The van der Waals surface area contributed by atoms with Gasteiger partial charge in [0.25, 0.3) is 5.91 Å². The van der Waals surface area contributed by atoms with Crippen molar-refractivity contribution in [3.05, 3.63) is 89.5 Å². The molecule has 1 aliphatic heterocycles. The summed E-state index contributed by atoms with van der Waals surface area (Å²) in [5.41, 5.74) is 4.24. The number of carbonyl (C=O) groups excluding carboxylic acids is 2. The number of imidazole rings is 1. The topological polar surface area (TPSA) is 127 Å². The number of benzene rings is 3. The number of carbonyl (C=O) groups is 3. The van der Waals surface area contributed by atoms with Crippen LogP contribution in [0.1, 0.15) is 46.7 Å². The number of H-pyrrole nitrogens is 1. The smallest absolute Gasteiger partial charge is 0.304 e. The number of rotatable bonds is 10. The summed E-state index contributed by atoms with van der Waals surface area (Å²) in [5.74, 6) is -1.31. The van der Waals surface area contributed by atoms with Crippen LogP contribution in [0.4, 0.5) is 11.6 Å². The summed E-state index contributed by atoms with van der Waals surface area (Å²) in [6.07, 6.45) is 1.43. The molecule has 1 atom stereocenters. The van der Waals surface area contributed by atoms with Crippen molar-refractivity contribution in [1.29, 1.82) is 0 Å². The van der Waals surface area contributed by atoms with Gasteiger partial charge in [-0.15, -0.1) is 0 Å². The molecule has 1 unspecified atom stereocenters. The molecule has 0 saturated heterocycles. The van der Waals surface area contributed by atoms with E-state index in [0.29, 0.717) is 29.9 Å². The van der Waals surface area contributed by atoms with Crippen molar-refractivity contribution in [2.75, 3.05) is 29.9 Å². The Hall–Kier alpha value is -4.66. The number of carboxylic acids is 1. The molecule has 4 N–H and O–H groups in total. The van der Waals surface area contributed by atoms with Crippen molar-refractivity contribution in [2.24, 2.45) is 0 Å². The molecule has 0 spiro atoms. The SMILES string of the molecule is O=C(O)CC1c2ccccc2C(=O)N(CC(=O)NCCCCNc2nc3ccccc3[nH]2)c2ccccc21. The van der Waals surface area contributed by atoms with Crippen LogP contribution in [-0.2, 0) is 9.59 Å². The molecule has 0 aliphatic carbocycles. The van der Waals surface area contributed by atoms with Crippen LogP contribution in [-0.4, -0.2) is 52.5 Å². The molecule has 0 saturated carbocycles. The molecule has 9 nitrogen and oxygen atoms in total. The number of para-hydroxylation sites is 3. The Labute approximate surface area is 219 Å². The molecule has 4 aromatic rings. The second-order valence-electron chi connectivity index (χ2n) is 9.27. The highest BCUT2D eigenvalue weighted by molar-refractivity contribution is 6.11. The highest BCUT2D eigenvalue weighted by Gasteiger charge is 2.34. The van der Waals surface area contributed by atoms with E-state index >= 15 is 0 Å². The number of aliphatic carboxylic acids is 1. The maximum Gasteiger partial charge on any atom is 0.304 e. The third kappa shape index (κ3) is 5.36. The van der Waals surface area contributed by atoms with Crippen LogP contribution in [0.2, 0.25) is 0 Å². The van der Waals surface area contributed by atoms with Gasteiger partial charge in [0, 0.05) is 30.3 Å². The Morgan fingerprint density at radius 3 is 2.45 bits per heavy atom. The van der Waals surface area contributed by atoms with Crippen molar-refractivity contribution in [3.8, 4) is 0 Å². The van der Waals surface area contributed by atoms with Crippen molar-refractivity contribution in [2.45, 2.75) is 25.2 Å². The zero-order chi connectivity index (χ0) is 26.5. The molecule has 1 aromatic heterocycles. The van der Waals surface area contributed by atoms with E-state index in [0.717, 1.165) is 35.4 Å². The molecule has 0 radical (unpaired) electrons. The quantitative estimate of drug-likeness (QED) is 0.237. The van der Waals surface area contributed by atoms with Crippen LogP contribution in [0.5, 0.6) is 0 Å². The normalized spacial score (nSPS) is 14.5. The Bertz CT molecular complexity index is 1450. The molecule has 0 bridgehead atoms. The monoisotopic (exact) mass is 511 g/mol. The number of aromatic amines is 1. The standard InChI is InChI=1S/C29H29N5O4/c35-26(30-15-7-8-16-31-29-32-23-12-4-5-13-24(23)33-29)18-34-25-14-6-3-10-20(25)22(17-27(36)37)19-9-1-2-11-21(19)28(34)38/h1-6,9-14,22H,7-8,15-18H2,(H,30,35)(H,36,37)(H2,31,32,33). The molecule has 1 aliphatic rings. The van der Waals surface area contributed by atoms with Crippen molar-refractivity contribution in [1.82, 2.24) is 15.3 Å². The second-order valence-corrected chi connectivity index (χ2v) is 9.27. The van der Waals surface area contributed by atoms with Crippen LogP contribution in [0.25, 0.3) is 11.0 Å². The van der Waals surface area contributed by atoms with E-state index in [4.69, 9.17) is 0 Å². The van der Waals surface area contributed by atoms with E-state index in [9.17, 15) is 19.5 Å². The number of anilines is 2. The van der Waals surface area contributed by atoms with E-state index in [1.165, 1.54) is 4.90 Å². The lowest BCUT2D eigenvalue weighted by Crippen LogP contribution is -2.41. The summed E-state index contributed by atoms with van der Waals surface area (Å²) in [4.78, 5) is 47.3. The number of hydrogen-bond donors (Lipinski definition) is 4. The Kier molecular flexibility index (Phi) is 7.35. The van der Waals surface area contributed by atoms with E-state index < -0.39 is 11.9 Å². The van der Waals surface area contributed by atoms with Crippen LogP contribution >= 0.6 is 0 Å². The average molecular weight is 512 g/mol. The maximum absolute atomic E-state index is 13.6. The van der Waals surface area contributed by atoms with Gasteiger partial charge in [-0.2, -0.15) is 0 Å². The maximum atomic E-state index is 13.6. The zero-order valence-electron chi connectivity index (χ0n) is 20.8. The van der Waals surface area contributed by atoms with Crippen LogP contribution in [0.15, 0.2) is 72.8 Å². The first-order valence-electron chi connectivity index (χ1n) is 12.7. The van der Waals surface area contributed by atoms with Crippen molar-refractivity contribution >= 4 is 40.5 Å². The Balaban J connectivity index is 1.20. The van der Waals surface area contributed by atoms with E-state index in [1.807, 2.05) is 36.4 Å². The van der Waals surface area contributed by atoms with Gasteiger partial charge >= 0.3 is 5.97 Å². The molecule has 2 amide bonds. The van der Waals surface area contributed by atoms with Crippen LogP contribution in [0, 0.1) is 0 Å². The van der Waals surface area contributed by atoms with Gasteiger partial charge in [-0.05, 0) is 48.2 Å². The molecule has 5 rings (SSSR count).